The first-order chi connectivity index (χ1) is 72.4. The fourth-order valence-corrected chi connectivity index (χ4v) is 22.3. The Labute approximate surface area is 863 Å². The van der Waals surface area contributed by atoms with E-state index >= 15 is 0 Å². The minimum absolute atomic E-state index is 0.0844. The van der Waals surface area contributed by atoms with Gasteiger partial charge in [-0.2, -0.15) is 44.7 Å². The van der Waals surface area contributed by atoms with Crippen LogP contribution in [0.2, 0.25) is 0 Å². The summed E-state index contributed by atoms with van der Waals surface area (Å²) < 4.78 is 16.8. The van der Waals surface area contributed by atoms with Gasteiger partial charge in [0.05, 0.1) is 167 Å². The van der Waals surface area contributed by atoms with E-state index in [4.69, 9.17) is 15.0 Å². The number of piperazine rings is 1. The molecule has 0 aliphatic carbocycles. The molecule has 6 fully saturated rings. The van der Waals surface area contributed by atoms with Gasteiger partial charge >= 0.3 is 0 Å². The summed E-state index contributed by atoms with van der Waals surface area (Å²) >= 11 is 0. The van der Waals surface area contributed by atoms with Crippen molar-refractivity contribution in [3.63, 3.8) is 0 Å². The van der Waals surface area contributed by atoms with Crippen molar-refractivity contribution in [1.29, 1.82) is 0 Å². The van der Waals surface area contributed by atoms with Gasteiger partial charge < -0.3 is 30.2 Å². The number of fused-ring (bicyclic) bond motifs is 11. The Hall–Kier alpha value is -15.8. The summed E-state index contributed by atoms with van der Waals surface area (Å²) in [6.07, 6.45) is 24.0. The zero-order chi connectivity index (χ0) is 104. The normalized spacial score (nSPS) is 17.3. The Morgan fingerprint density at radius 3 is 1.17 bits per heavy atom. The fourth-order valence-electron chi connectivity index (χ4n) is 22.3. The highest BCUT2D eigenvalue weighted by molar-refractivity contribution is 5.72. The Bertz CT molecular complexity index is 8970. The third-order valence-corrected chi connectivity index (χ3v) is 30.4. The molecule has 0 saturated carbocycles. The van der Waals surface area contributed by atoms with Gasteiger partial charge in [-0.25, -0.2) is 47.5 Å². The Balaban J connectivity index is 0.000000106. The average molecular weight is 2010 g/mol. The minimum atomic E-state index is -0.192. The van der Waals surface area contributed by atoms with Crippen molar-refractivity contribution in [3.8, 4) is 56.9 Å². The first-order valence-corrected chi connectivity index (χ1v) is 52.2. The van der Waals surface area contributed by atoms with Crippen molar-refractivity contribution in [1.82, 2.24) is 156 Å². The molecule has 20 aromatic rings. The van der Waals surface area contributed by atoms with E-state index in [2.05, 4.69) is 152 Å². The van der Waals surface area contributed by atoms with Crippen LogP contribution in [0.3, 0.4) is 0 Å². The third kappa shape index (κ3) is 20.1. The van der Waals surface area contributed by atoms with Crippen molar-refractivity contribution >= 4 is 67.2 Å². The molecule has 0 spiro atoms. The molecule has 2 unspecified atom stereocenters. The zero-order valence-electron chi connectivity index (χ0n) is 87.5. The Kier molecular flexibility index (Phi) is 27.0. The molecule has 6 aliphatic rings. The first-order valence-electron chi connectivity index (χ1n) is 52.2. The van der Waals surface area contributed by atoms with Gasteiger partial charge in [-0.15, -0.1) is 0 Å². The lowest BCUT2D eigenvalue weighted by atomic mass is 9.91. The van der Waals surface area contributed by atoms with E-state index in [0.717, 1.165) is 249 Å². The maximum Gasteiger partial charge on any atom is 0.275 e. The number of hydrogen-bond acceptors (Lipinski definition) is 29. The first kappa shape index (κ1) is 98.8. The maximum atomic E-state index is 13.1. The lowest BCUT2D eigenvalue weighted by Gasteiger charge is -2.40. The lowest BCUT2D eigenvalue weighted by molar-refractivity contribution is 0.199. The molecule has 3 atom stereocenters. The predicted octanol–water partition coefficient (Wildman–Crippen LogP) is 12.4. The molecule has 26 rings (SSSR count). The van der Waals surface area contributed by atoms with Gasteiger partial charge in [0, 0.05) is 106 Å². The minimum Gasteiger partial charge on any atom is -0.370 e. The second-order valence-corrected chi connectivity index (χ2v) is 41.0. The molecule has 20 aromatic heterocycles. The van der Waals surface area contributed by atoms with Crippen molar-refractivity contribution in [2.24, 2.45) is 5.92 Å². The molecule has 0 amide bonds. The van der Waals surface area contributed by atoms with Crippen LogP contribution < -0.4 is 48.2 Å². The van der Waals surface area contributed by atoms with Gasteiger partial charge in [0.15, 0.2) is 11.3 Å². The number of likely N-dealkylation sites (tertiary alicyclic amines) is 2. The second-order valence-electron chi connectivity index (χ2n) is 41.0. The molecule has 150 heavy (non-hydrogen) atoms. The summed E-state index contributed by atoms with van der Waals surface area (Å²) in [5.74, 6) is 1.97. The number of piperidine rings is 4. The Morgan fingerprint density at radius 2 is 0.727 bits per heavy atom. The van der Waals surface area contributed by atoms with Crippen LogP contribution in [0.1, 0.15) is 169 Å². The molecule has 39 nitrogen and oxygen atoms in total. The van der Waals surface area contributed by atoms with Crippen LogP contribution in [0, 0.1) is 82.1 Å². The van der Waals surface area contributed by atoms with Crippen molar-refractivity contribution in [2.75, 3.05) is 108 Å². The fraction of sp³-hybridized carbons (Fsp3) is 0.387. The third-order valence-electron chi connectivity index (χ3n) is 30.4. The van der Waals surface area contributed by atoms with Crippen molar-refractivity contribution < 1.29 is 0 Å². The van der Waals surface area contributed by atoms with Crippen LogP contribution >= 0.6 is 0 Å². The molecule has 0 radical (unpaired) electrons. The highest BCUT2D eigenvalue weighted by atomic mass is 16.1. The number of pyridine rings is 3. The summed E-state index contributed by atoms with van der Waals surface area (Å²) in [7, 11) is 2.14. The SMILES string of the molecule is CCN1CCC(c2ccc3nc(-c4cc5c(C)nc(C)cn5n4)cc(=O)n3n2)CC1.CCN1CCN(c2cc(C)c3nc(-c4cc5c(C)nc(C)cn5n4)cc(=O)n3c2)C[C@H]1C.Cc1cn2nc(-c3cc(=O)n4cc(C5CCNCC5)ccc4n3)cc2c(C)n1.Cc1cn2nc(-c3cc(=O)n4cc(N5CCC6NCCC6C5)ccc4n3)cc2c(C)n1.Cc1cn2nc(-c3cc(=O)n4nc(C5CCN(C)CC5)ccc4n3)cc2c(C)n1. The standard InChI is InChI=1S/C24H29N7O.C23H25N7O.C22H25N7O.C21H23N7O.C21H22N6O/c1-6-28-7-8-29(13-17(28)4)19-9-15(2)24-26-20(11-23(32)30(24)14-19)21-10-22-18(5)25-16(3)12-31(22)27-21;1-14-11-30-21(15(2)25-14)9-20(27-30)19-10-23(31)29-13-17(3-4-22(29)26-19)28-8-6-18-16(12-28)5-7-24-18;1-4-27-9-7-16(8-10-27)17-5-6-21-24-18(12-22(30)29(21)26-17)19-11-20-15(3)23-14(2)13-28(20)25-19;1-13-12-27-19(14(2)22-13)10-18(24-27)17-11-21(29)28-20(23-17)5-4-16(25-28)15-6-8-26(3)9-7-15;1-13-11-27-19(14(2)23-13)9-18(25-27)17-10-21(28)26-12-16(3-4-20(26)24-17)15-5-7-22-8-6-15/h9-12,14,17H,6-8,13H2,1-5H3;3-4,9-11,13,16,18,24H,5-8,12H2,1-2H3;5-6,11-13,16H,4,7-10H2,1-3H3;4-5,10-12,15H,6-9H2,1-3H3;3-4,9-12,15,22H,5-8H2,1-2H3/t17-;;;;/m1..../s1. The van der Waals surface area contributed by atoms with E-state index < -0.39 is 0 Å². The summed E-state index contributed by atoms with van der Waals surface area (Å²) in [5.41, 5.74) is 28.3. The maximum absolute atomic E-state index is 13.1. The molecule has 2 N–H and O–H groups in total. The summed E-state index contributed by atoms with van der Waals surface area (Å²) in [5, 5.41) is 39.3. The zero-order valence-corrected chi connectivity index (χ0v) is 87.5. The number of hydrogen-bond donors (Lipinski definition) is 2. The van der Waals surface area contributed by atoms with Crippen molar-refractivity contribution in [3.05, 3.63) is 296 Å². The predicted molar refractivity (Wildman–Crippen MR) is 579 cm³/mol. The molecule has 39 heteroatoms. The van der Waals surface area contributed by atoms with E-state index in [1.165, 1.54) is 33.1 Å². The van der Waals surface area contributed by atoms with Crippen LogP contribution in [0.4, 0.5) is 11.4 Å². The molecule has 26 heterocycles. The monoisotopic (exact) mass is 2010 g/mol. The topological polar surface area (TPSA) is 389 Å². The van der Waals surface area contributed by atoms with Gasteiger partial charge in [0.1, 0.15) is 45.4 Å². The van der Waals surface area contributed by atoms with Gasteiger partial charge in [0.25, 0.3) is 27.8 Å². The number of rotatable bonds is 12. The molecule has 6 saturated heterocycles. The smallest absolute Gasteiger partial charge is 0.275 e. The highest BCUT2D eigenvalue weighted by Crippen LogP contribution is 2.35. The number of aryl methyl sites for hydroxylation is 11. The molecular formula is C111H124N34O5. The Morgan fingerprint density at radius 1 is 0.327 bits per heavy atom. The van der Waals surface area contributed by atoms with Crippen molar-refractivity contribution in [2.45, 2.75) is 178 Å². The molecule has 0 aromatic carbocycles. The van der Waals surface area contributed by atoms with E-state index in [1.807, 2.05) is 197 Å². The van der Waals surface area contributed by atoms with Gasteiger partial charge in [0.2, 0.25) is 0 Å². The van der Waals surface area contributed by atoms with Crippen LogP contribution in [0.15, 0.2) is 189 Å². The summed E-state index contributed by atoms with van der Waals surface area (Å²) in [6, 6.07) is 36.5. The van der Waals surface area contributed by atoms with E-state index in [9.17, 15) is 24.0 Å². The largest absolute Gasteiger partial charge is 0.370 e. The number of nitrogens with zero attached hydrogens (tertiary/aromatic N) is 32. The molecule has 0 bridgehead atoms. The van der Waals surface area contributed by atoms with Crippen LogP contribution in [-0.2, 0) is 0 Å². The molecular weight excluding hydrogens is 1890 g/mol. The number of anilines is 2. The number of likely N-dealkylation sites (N-methyl/N-ethyl adjacent to an activating group) is 1. The average Bonchev–Trinajstić information content (AvgIpc) is 1.37. The van der Waals surface area contributed by atoms with Crippen LogP contribution in [0.25, 0.3) is 113 Å². The summed E-state index contributed by atoms with van der Waals surface area (Å²) in [4.78, 5) is 123. The van der Waals surface area contributed by atoms with Gasteiger partial charge in [-0.1, -0.05) is 19.9 Å². The quantitative estimate of drug-likeness (QED) is 0.115. The summed E-state index contributed by atoms with van der Waals surface area (Å²) in [6.45, 7) is 42.7. The molecule has 6 aliphatic heterocycles. The number of nitrogens with one attached hydrogen (secondary N) is 2. The van der Waals surface area contributed by atoms with E-state index in [0.29, 0.717) is 121 Å². The van der Waals surface area contributed by atoms with Crippen LogP contribution in [-0.4, -0.2) is 256 Å². The van der Waals surface area contributed by atoms with Gasteiger partial charge in [-0.3, -0.25) is 67.0 Å². The van der Waals surface area contributed by atoms with Crippen LogP contribution in [0.5, 0.6) is 0 Å². The second kappa shape index (κ2) is 41.0. The molecule has 768 valence electrons. The highest BCUT2D eigenvalue weighted by Gasteiger charge is 2.34. The van der Waals surface area contributed by atoms with E-state index in [1.54, 1.807) is 49.5 Å². The number of aromatic nitrogens is 27. The van der Waals surface area contributed by atoms with Gasteiger partial charge in [-0.05, 0) is 302 Å². The lowest BCUT2D eigenvalue weighted by Crippen LogP contribution is -2.51. The van der Waals surface area contributed by atoms with E-state index in [-0.39, 0.29) is 27.8 Å².